The van der Waals surface area contributed by atoms with E-state index in [0.717, 1.165) is 5.69 Å². The normalized spacial score (nSPS) is 20.3. The molecule has 9 heteroatoms. The van der Waals surface area contributed by atoms with Crippen molar-refractivity contribution in [2.75, 3.05) is 24.5 Å². The zero-order valence-corrected chi connectivity index (χ0v) is 18.5. The third-order valence-electron chi connectivity index (χ3n) is 5.79. The number of benzene rings is 2. The molecule has 2 aromatic carbocycles. The van der Waals surface area contributed by atoms with Gasteiger partial charge in [0.1, 0.15) is 0 Å². The molecular formula is C22H24ClN3O4S. The highest BCUT2D eigenvalue weighted by Crippen LogP contribution is 2.27. The van der Waals surface area contributed by atoms with Gasteiger partial charge in [0.2, 0.25) is 21.8 Å². The van der Waals surface area contributed by atoms with Gasteiger partial charge < -0.3 is 9.80 Å². The molecule has 2 saturated heterocycles. The number of piperidine rings is 1. The van der Waals surface area contributed by atoms with Crippen molar-refractivity contribution in [3.63, 3.8) is 0 Å². The fraction of sp³-hybridized carbons (Fsp3) is 0.364. The van der Waals surface area contributed by atoms with Crippen LogP contribution in [0.3, 0.4) is 0 Å². The standard InChI is InChI=1S/C22H24ClN3O4S/c23-17-6-8-20(9-7-17)31(29,30)24-18-10-12-25(13-11-18)22(28)16-14-21(27)26(15-16)19-4-2-1-3-5-19/h1-9,16,18,24H,10-15H2. The molecule has 2 heterocycles. The minimum atomic E-state index is -3.64. The molecule has 0 radical (unpaired) electrons. The fourth-order valence-electron chi connectivity index (χ4n) is 4.11. The van der Waals surface area contributed by atoms with Crippen LogP contribution in [0.15, 0.2) is 59.5 Å². The first-order valence-electron chi connectivity index (χ1n) is 10.3. The van der Waals surface area contributed by atoms with E-state index in [-0.39, 0.29) is 35.1 Å². The Kier molecular flexibility index (Phi) is 6.31. The van der Waals surface area contributed by atoms with E-state index in [0.29, 0.717) is 37.5 Å². The van der Waals surface area contributed by atoms with Gasteiger partial charge in [-0.1, -0.05) is 29.8 Å². The molecule has 2 aromatic rings. The van der Waals surface area contributed by atoms with Crippen LogP contribution < -0.4 is 9.62 Å². The summed E-state index contributed by atoms with van der Waals surface area (Å²) >= 11 is 5.83. The summed E-state index contributed by atoms with van der Waals surface area (Å²) in [5.41, 5.74) is 0.804. The van der Waals surface area contributed by atoms with Gasteiger partial charge in [0.05, 0.1) is 10.8 Å². The molecule has 0 spiro atoms. The fourth-order valence-corrected chi connectivity index (χ4v) is 5.54. The third-order valence-corrected chi connectivity index (χ3v) is 7.58. The molecule has 2 aliphatic heterocycles. The molecule has 2 aliphatic rings. The molecule has 0 saturated carbocycles. The van der Waals surface area contributed by atoms with Crippen molar-refractivity contribution in [1.82, 2.24) is 9.62 Å². The molecule has 31 heavy (non-hydrogen) atoms. The lowest BCUT2D eigenvalue weighted by atomic mass is 10.0. The number of nitrogens with zero attached hydrogens (tertiary/aromatic N) is 2. The van der Waals surface area contributed by atoms with Crippen LogP contribution in [0, 0.1) is 5.92 Å². The summed E-state index contributed by atoms with van der Waals surface area (Å²) in [6, 6.07) is 15.1. The van der Waals surface area contributed by atoms with E-state index in [1.54, 1.807) is 21.9 Å². The van der Waals surface area contributed by atoms with Gasteiger partial charge >= 0.3 is 0 Å². The number of rotatable bonds is 5. The Balaban J connectivity index is 1.32. The number of amides is 2. The molecular weight excluding hydrogens is 438 g/mol. The minimum absolute atomic E-state index is 0.0363. The Bertz CT molecular complexity index is 1050. The van der Waals surface area contributed by atoms with Gasteiger partial charge in [-0.3, -0.25) is 9.59 Å². The molecule has 0 aliphatic carbocycles. The van der Waals surface area contributed by atoms with Crippen molar-refractivity contribution in [3.8, 4) is 0 Å². The number of hydrogen-bond acceptors (Lipinski definition) is 4. The van der Waals surface area contributed by atoms with Crippen molar-refractivity contribution in [3.05, 3.63) is 59.6 Å². The summed E-state index contributed by atoms with van der Waals surface area (Å²) in [6.45, 7) is 1.30. The maximum Gasteiger partial charge on any atom is 0.240 e. The zero-order chi connectivity index (χ0) is 22.0. The number of para-hydroxylation sites is 1. The highest BCUT2D eigenvalue weighted by atomic mass is 35.5. The van der Waals surface area contributed by atoms with Gasteiger partial charge in [-0.15, -0.1) is 0 Å². The highest BCUT2D eigenvalue weighted by molar-refractivity contribution is 7.89. The van der Waals surface area contributed by atoms with Gasteiger partial charge in [-0.25, -0.2) is 13.1 Å². The molecule has 1 N–H and O–H groups in total. The predicted octanol–water partition coefficient (Wildman–Crippen LogP) is 2.66. The second-order valence-electron chi connectivity index (χ2n) is 7.92. The Morgan fingerprint density at radius 2 is 1.65 bits per heavy atom. The van der Waals surface area contributed by atoms with E-state index >= 15 is 0 Å². The molecule has 164 valence electrons. The molecule has 0 aromatic heterocycles. The molecule has 7 nitrogen and oxygen atoms in total. The lowest BCUT2D eigenvalue weighted by Crippen LogP contribution is -2.48. The SMILES string of the molecule is O=C(C1CC(=O)N(c2ccccc2)C1)N1CCC(NS(=O)(=O)c2ccc(Cl)cc2)CC1. The van der Waals surface area contributed by atoms with Crippen LogP contribution in [-0.4, -0.2) is 50.8 Å². The maximum absolute atomic E-state index is 13.0. The van der Waals surface area contributed by atoms with E-state index in [2.05, 4.69) is 4.72 Å². The molecule has 2 fully saturated rings. The van der Waals surface area contributed by atoms with Gasteiger partial charge in [0.15, 0.2) is 0 Å². The summed E-state index contributed by atoms with van der Waals surface area (Å²) in [4.78, 5) is 29.0. The first kappa shape index (κ1) is 21.8. The summed E-state index contributed by atoms with van der Waals surface area (Å²) in [5.74, 6) is -0.448. The third kappa shape index (κ3) is 4.92. The topological polar surface area (TPSA) is 86.8 Å². The van der Waals surface area contributed by atoms with Crippen LogP contribution in [0.1, 0.15) is 19.3 Å². The summed E-state index contributed by atoms with van der Waals surface area (Å²) in [6.07, 6.45) is 1.26. The number of sulfonamides is 1. The lowest BCUT2D eigenvalue weighted by Gasteiger charge is -2.33. The number of hydrogen-bond donors (Lipinski definition) is 1. The zero-order valence-electron chi connectivity index (χ0n) is 16.9. The molecule has 1 unspecified atom stereocenters. The Morgan fingerprint density at radius 3 is 2.29 bits per heavy atom. The average molecular weight is 462 g/mol. The van der Waals surface area contributed by atoms with Gasteiger partial charge in [0.25, 0.3) is 0 Å². The monoisotopic (exact) mass is 461 g/mol. The van der Waals surface area contributed by atoms with Gasteiger partial charge in [-0.2, -0.15) is 0 Å². The second-order valence-corrected chi connectivity index (χ2v) is 10.1. The van der Waals surface area contributed by atoms with Crippen molar-refractivity contribution in [2.24, 2.45) is 5.92 Å². The smallest absolute Gasteiger partial charge is 0.240 e. The van der Waals surface area contributed by atoms with Crippen molar-refractivity contribution in [1.29, 1.82) is 0 Å². The number of halogens is 1. The van der Waals surface area contributed by atoms with E-state index < -0.39 is 10.0 Å². The van der Waals surface area contributed by atoms with Crippen LogP contribution in [0.25, 0.3) is 0 Å². The lowest BCUT2D eigenvalue weighted by molar-refractivity contribution is -0.136. The largest absolute Gasteiger partial charge is 0.342 e. The Labute approximate surface area is 187 Å². The van der Waals surface area contributed by atoms with Crippen LogP contribution in [0.5, 0.6) is 0 Å². The van der Waals surface area contributed by atoms with Crippen molar-refractivity contribution in [2.45, 2.75) is 30.2 Å². The van der Waals surface area contributed by atoms with E-state index in [1.165, 1.54) is 12.1 Å². The van der Waals surface area contributed by atoms with Crippen molar-refractivity contribution >= 4 is 39.1 Å². The van der Waals surface area contributed by atoms with Gasteiger partial charge in [0, 0.05) is 42.8 Å². The Hall–Kier alpha value is -2.42. The van der Waals surface area contributed by atoms with E-state index in [9.17, 15) is 18.0 Å². The Morgan fingerprint density at radius 1 is 1.00 bits per heavy atom. The maximum atomic E-state index is 13.0. The molecule has 0 bridgehead atoms. The van der Waals surface area contributed by atoms with Gasteiger partial charge in [-0.05, 0) is 49.2 Å². The van der Waals surface area contributed by atoms with Crippen LogP contribution >= 0.6 is 11.6 Å². The number of nitrogens with one attached hydrogen (secondary N) is 1. The van der Waals surface area contributed by atoms with Crippen LogP contribution in [0.2, 0.25) is 5.02 Å². The molecule has 2 amide bonds. The average Bonchev–Trinajstić information content (AvgIpc) is 3.16. The summed E-state index contributed by atoms with van der Waals surface area (Å²) in [7, 11) is -3.64. The van der Waals surface area contributed by atoms with E-state index in [1.807, 2.05) is 30.3 Å². The number of carbonyl (C=O) groups is 2. The summed E-state index contributed by atoms with van der Waals surface area (Å²) < 4.78 is 27.9. The van der Waals surface area contributed by atoms with E-state index in [4.69, 9.17) is 11.6 Å². The van der Waals surface area contributed by atoms with Crippen LogP contribution in [-0.2, 0) is 19.6 Å². The quantitative estimate of drug-likeness (QED) is 0.741. The van der Waals surface area contributed by atoms with Crippen LogP contribution in [0.4, 0.5) is 5.69 Å². The second kappa shape index (κ2) is 8.98. The van der Waals surface area contributed by atoms with Crippen molar-refractivity contribution < 1.29 is 18.0 Å². The number of likely N-dealkylation sites (tertiary alicyclic amines) is 1. The minimum Gasteiger partial charge on any atom is -0.342 e. The summed E-state index contributed by atoms with van der Waals surface area (Å²) in [5, 5.41) is 0.474. The number of carbonyl (C=O) groups excluding carboxylic acids is 2. The first-order valence-corrected chi connectivity index (χ1v) is 12.1. The molecule has 1 atom stereocenters. The molecule has 4 rings (SSSR count). The predicted molar refractivity (Wildman–Crippen MR) is 118 cm³/mol. The highest BCUT2D eigenvalue weighted by Gasteiger charge is 2.38. The number of anilines is 1. The first-order chi connectivity index (χ1) is 14.8.